The van der Waals surface area contributed by atoms with E-state index in [0.717, 1.165) is 5.56 Å². The number of carbonyl (C=O) groups is 2. The van der Waals surface area contributed by atoms with Gasteiger partial charge in [-0.2, -0.15) is 0 Å². The summed E-state index contributed by atoms with van der Waals surface area (Å²) >= 11 is 0. The molecule has 0 spiro atoms. The van der Waals surface area contributed by atoms with Gasteiger partial charge in [0.15, 0.2) is 0 Å². The second-order valence-electron chi connectivity index (χ2n) is 5.25. The zero-order valence-corrected chi connectivity index (χ0v) is 12.5. The third-order valence-electron chi connectivity index (χ3n) is 3.28. The number of halogens is 1. The molecule has 1 rings (SSSR count). The average molecular weight is 328 g/mol. The van der Waals surface area contributed by atoms with E-state index >= 15 is 0 Å². The van der Waals surface area contributed by atoms with Crippen molar-refractivity contribution < 1.29 is 28.9 Å². The summed E-state index contributed by atoms with van der Waals surface area (Å²) in [5.41, 5.74) is 11.5. The number of ether oxygens (including phenoxy) is 1. The number of benzene rings is 1. The summed E-state index contributed by atoms with van der Waals surface area (Å²) in [6, 6.07) is 5.42. The first-order chi connectivity index (χ1) is 10.8. The Kier molecular flexibility index (Phi) is 7.43. The molecule has 6 N–H and O–H groups in total. The molecule has 128 valence electrons. The molecule has 0 aliphatic rings. The highest BCUT2D eigenvalue weighted by Crippen LogP contribution is 2.18. The van der Waals surface area contributed by atoms with Crippen molar-refractivity contribution in [2.75, 3.05) is 13.3 Å². The third kappa shape index (κ3) is 6.62. The number of rotatable bonds is 10. The molecule has 3 atom stereocenters. The van der Waals surface area contributed by atoms with Crippen molar-refractivity contribution in [3.8, 4) is 5.75 Å². The molecular formula is C15H21FN2O5. The van der Waals surface area contributed by atoms with Gasteiger partial charge in [0.2, 0.25) is 5.91 Å². The first-order valence-corrected chi connectivity index (χ1v) is 7.07. The lowest BCUT2D eigenvalue weighted by Crippen LogP contribution is -2.37. The number of nitrogens with two attached hydrogens (primary N) is 2. The van der Waals surface area contributed by atoms with Crippen LogP contribution in [0.4, 0.5) is 4.39 Å². The van der Waals surface area contributed by atoms with Crippen molar-refractivity contribution in [2.24, 2.45) is 17.4 Å². The van der Waals surface area contributed by atoms with Crippen LogP contribution in [0.3, 0.4) is 0 Å². The number of carbonyl (C=O) groups excluding carboxylic acids is 1. The molecule has 0 saturated carbocycles. The Balaban J connectivity index is 2.63. The number of carboxylic acid groups (broad SMARTS) is 1. The average Bonchev–Trinajstić information content (AvgIpc) is 2.52. The molecule has 0 aliphatic heterocycles. The van der Waals surface area contributed by atoms with Crippen LogP contribution >= 0.6 is 0 Å². The number of aliphatic hydroxyl groups excluding tert-OH is 1. The lowest BCUT2D eigenvalue weighted by molar-refractivity contribution is -0.139. The van der Waals surface area contributed by atoms with Crippen LogP contribution < -0.4 is 16.2 Å². The van der Waals surface area contributed by atoms with E-state index in [1.807, 2.05) is 0 Å². The van der Waals surface area contributed by atoms with Crippen LogP contribution in [0.2, 0.25) is 0 Å². The smallest absolute Gasteiger partial charge is 0.320 e. The predicted molar refractivity (Wildman–Crippen MR) is 80.5 cm³/mol. The van der Waals surface area contributed by atoms with E-state index in [-0.39, 0.29) is 19.4 Å². The largest absolute Gasteiger partial charge is 0.491 e. The van der Waals surface area contributed by atoms with E-state index in [2.05, 4.69) is 0 Å². The summed E-state index contributed by atoms with van der Waals surface area (Å²) in [4.78, 5) is 22.2. The number of hydrogen-bond donors (Lipinski definition) is 4. The van der Waals surface area contributed by atoms with E-state index in [1.165, 1.54) is 0 Å². The number of primary amides is 1. The number of alkyl halides is 1. The normalized spacial score (nSPS) is 14.7. The fourth-order valence-electron chi connectivity index (χ4n) is 1.95. The van der Waals surface area contributed by atoms with Crippen LogP contribution in [0.1, 0.15) is 12.0 Å². The maximum absolute atomic E-state index is 12.1. The second-order valence-corrected chi connectivity index (χ2v) is 5.25. The summed E-state index contributed by atoms with van der Waals surface area (Å²) < 4.78 is 17.3. The molecular weight excluding hydrogens is 307 g/mol. The molecule has 8 heteroatoms. The molecule has 1 aromatic carbocycles. The molecule has 0 aromatic heterocycles. The zero-order valence-electron chi connectivity index (χ0n) is 12.5. The Morgan fingerprint density at radius 1 is 1.26 bits per heavy atom. The molecule has 23 heavy (non-hydrogen) atoms. The van der Waals surface area contributed by atoms with Crippen molar-refractivity contribution in [3.63, 3.8) is 0 Å². The van der Waals surface area contributed by atoms with Gasteiger partial charge in [0.1, 0.15) is 31.2 Å². The Morgan fingerprint density at radius 3 is 2.35 bits per heavy atom. The van der Waals surface area contributed by atoms with Crippen LogP contribution in [-0.2, 0) is 16.0 Å². The summed E-state index contributed by atoms with van der Waals surface area (Å²) in [5, 5.41) is 17.9. The molecule has 1 aromatic rings. The van der Waals surface area contributed by atoms with Crippen molar-refractivity contribution in [3.05, 3.63) is 29.8 Å². The minimum absolute atomic E-state index is 0.0500. The first kappa shape index (κ1) is 18.9. The lowest BCUT2D eigenvalue weighted by Gasteiger charge is -2.16. The Hall–Kier alpha value is -2.19. The summed E-state index contributed by atoms with van der Waals surface area (Å²) in [6.07, 6.45) is -0.971. The Bertz CT molecular complexity index is 523. The van der Waals surface area contributed by atoms with Crippen molar-refractivity contribution in [1.82, 2.24) is 0 Å². The molecule has 0 saturated heterocycles. The first-order valence-electron chi connectivity index (χ1n) is 7.07. The van der Waals surface area contributed by atoms with Crippen LogP contribution in [0.15, 0.2) is 24.3 Å². The van der Waals surface area contributed by atoms with E-state index in [0.29, 0.717) is 5.75 Å². The number of aliphatic hydroxyl groups is 1. The van der Waals surface area contributed by atoms with Gasteiger partial charge in [0.25, 0.3) is 0 Å². The van der Waals surface area contributed by atoms with Gasteiger partial charge in [0.05, 0.1) is 0 Å². The number of amides is 1. The molecule has 7 nitrogen and oxygen atoms in total. The summed E-state index contributed by atoms with van der Waals surface area (Å²) in [5.74, 6) is -2.06. The molecule has 0 heterocycles. The van der Waals surface area contributed by atoms with Gasteiger partial charge >= 0.3 is 5.97 Å². The zero-order chi connectivity index (χ0) is 17.4. The van der Waals surface area contributed by atoms with Gasteiger partial charge in [-0.15, -0.1) is 0 Å². The van der Waals surface area contributed by atoms with Crippen molar-refractivity contribution >= 4 is 11.9 Å². The Morgan fingerprint density at radius 2 is 1.87 bits per heavy atom. The lowest BCUT2D eigenvalue weighted by atomic mass is 9.92. The van der Waals surface area contributed by atoms with Gasteiger partial charge in [0, 0.05) is 5.92 Å². The fourth-order valence-corrected chi connectivity index (χ4v) is 1.95. The Labute approximate surface area is 133 Å². The number of hydrogen-bond acceptors (Lipinski definition) is 5. The third-order valence-corrected chi connectivity index (χ3v) is 3.28. The molecule has 0 fully saturated rings. The SMILES string of the molecule is NC(=O)[C@@H](Cc1ccc(OCC(O)CF)cc1)C[C@H](N)C(=O)O. The van der Waals surface area contributed by atoms with Crippen LogP contribution in [0.5, 0.6) is 5.75 Å². The highest BCUT2D eigenvalue weighted by molar-refractivity contribution is 5.79. The standard InChI is InChI=1S/C15H21FN2O5/c16-7-11(19)8-23-12-3-1-9(2-4-12)5-10(14(18)20)6-13(17)15(21)22/h1-4,10-11,13,19H,5-8,17H2,(H2,18,20)(H,21,22)/t10-,11?,13-/m0/s1. The minimum Gasteiger partial charge on any atom is -0.491 e. The highest BCUT2D eigenvalue weighted by atomic mass is 19.1. The van der Waals surface area contributed by atoms with E-state index in [9.17, 15) is 14.0 Å². The van der Waals surface area contributed by atoms with Gasteiger partial charge in [-0.25, -0.2) is 4.39 Å². The quantitative estimate of drug-likeness (QED) is 0.471. The molecule has 0 radical (unpaired) electrons. The predicted octanol–water partition coefficient (Wildman–Crippen LogP) is -0.158. The molecule has 1 unspecified atom stereocenters. The molecule has 0 bridgehead atoms. The maximum atomic E-state index is 12.1. The van der Waals surface area contributed by atoms with Gasteiger partial charge in [-0.1, -0.05) is 12.1 Å². The fraction of sp³-hybridized carbons (Fsp3) is 0.467. The van der Waals surface area contributed by atoms with E-state index in [1.54, 1.807) is 24.3 Å². The van der Waals surface area contributed by atoms with E-state index < -0.39 is 36.6 Å². The number of carboxylic acids is 1. The topological polar surface area (TPSA) is 136 Å². The number of aliphatic carboxylic acids is 1. The van der Waals surface area contributed by atoms with Crippen molar-refractivity contribution in [2.45, 2.75) is 25.0 Å². The summed E-state index contributed by atoms with van der Waals surface area (Å²) in [6.45, 7) is -1.05. The molecule has 0 aliphatic carbocycles. The van der Waals surface area contributed by atoms with Gasteiger partial charge in [-0.3, -0.25) is 9.59 Å². The van der Waals surface area contributed by atoms with Crippen molar-refractivity contribution in [1.29, 1.82) is 0 Å². The molecule has 1 amide bonds. The summed E-state index contributed by atoms with van der Waals surface area (Å²) in [7, 11) is 0. The van der Waals surface area contributed by atoms with Gasteiger partial charge in [-0.05, 0) is 30.5 Å². The second kappa shape index (κ2) is 9.06. The van der Waals surface area contributed by atoms with Crippen LogP contribution in [-0.4, -0.2) is 47.5 Å². The van der Waals surface area contributed by atoms with E-state index in [4.69, 9.17) is 26.4 Å². The van der Waals surface area contributed by atoms with Gasteiger partial charge < -0.3 is 26.4 Å². The minimum atomic E-state index is -1.19. The van der Waals surface area contributed by atoms with Crippen LogP contribution in [0.25, 0.3) is 0 Å². The van der Waals surface area contributed by atoms with Crippen LogP contribution in [0, 0.1) is 5.92 Å². The highest BCUT2D eigenvalue weighted by Gasteiger charge is 2.23. The monoisotopic (exact) mass is 328 g/mol. The maximum Gasteiger partial charge on any atom is 0.320 e.